The molecular formula is C16H25Cl. The smallest absolute Gasteiger partial charge is 0.0320 e. The average Bonchev–Trinajstić information content (AvgIpc) is 2.41. The molecule has 0 N–H and O–H groups in total. The van der Waals surface area contributed by atoms with Crippen LogP contribution in [0.25, 0.3) is 0 Å². The van der Waals surface area contributed by atoms with Crippen molar-refractivity contribution in [1.29, 1.82) is 0 Å². The van der Waals surface area contributed by atoms with Gasteiger partial charge in [0.25, 0.3) is 0 Å². The van der Waals surface area contributed by atoms with E-state index in [2.05, 4.69) is 44.2 Å². The number of unbranched alkanes of at least 4 members (excludes halogenated alkanes) is 3. The first kappa shape index (κ1) is 14.6. The van der Waals surface area contributed by atoms with Crippen molar-refractivity contribution < 1.29 is 0 Å². The van der Waals surface area contributed by atoms with Crippen LogP contribution in [-0.4, -0.2) is 5.88 Å². The van der Waals surface area contributed by atoms with Crippen LogP contribution in [0.2, 0.25) is 0 Å². The van der Waals surface area contributed by atoms with Gasteiger partial charge in [-0.05, 0) is 18.4 Å². The van der Waals surface area contributed by atoms with Gasteiger partial charge in [-0.25, -0.2) is 0 Å². The Kier molecular flexibility index (Phi) is 6.65. The number of alkyl halides is 1. The maximum atomic E-state index is 6.27. The first-order chi connectivity index (χ1) is 8.29. The minimum Gasteiger partial charge on any atom is -0.126 e. The Hall–Kier alpha value is -0.490. The Morgan fingerprint density at radius 3 is 2.24 bits per heavy atom. The van der Waals surface area contributed by atoms with Crippen LogP contribution in [0.4, 0.5) is 0 Å². The van der Waals surface area contributed by atoms with E-state index in [9.17, 15) is 0 Å². The van der Waals surface area contributed by atoms with E-state index in [1.54, 1.807) is 0 Å². The van der Waals surface area contributed by atoms with E-state index in [0.717, 1.165) is 12.3 Å². The molecule has 0 saturated carbocycles. The average molecular weight is 253 g/mol. The lowest BCUT2D eigenvalue weighted by Crippen LogP contribution is -2.27. The molecule has 1 aromatic carbocycles. The molecule has 0 aliphatic carbocycles. The lowest BCUT2D eigenvalue weighted by Gasteiger charge is -2.31. The molecule has 0 saturated heterocycles. The van der Waals surface area contributed by atoms with Gasteiger partial charge in [0.2, 0.25) is 0 Å². The van der Waals surface area contributed by atoms with Crippen molar-refractivity contribution in [2.45, 2.75) is 57.8 Å². The maximum absolute atomic E-state index is 6.27. The Morgan fingerprint density at radius 2 is 1.71 bits per heavy atom. The first-order valence-electron chi connectivity index (χ1n) is 6.90. The molecule has 1 rings (SSSR count). The highest BCUT2D eigenvalue weighted by Crippen LogP contribution is 2.34. The molecule has 1 atom stereocenters. The molecule has 0 fully saturated rings. The third-order valence-corrected chi connectivity index (χ3v) is 4.34. The number of rotatable bonds is 8. The number of hydrogen-bond acceptors (Lipinski definition) is 0. The SMILES string of the molecule is CCCCCCC(CC)(CCl)c1ccccc1. The van der Waals surface area contributed by atoms with E-state index < -0.39 is 0 Å². The lowest BCUT2D eigenvalue weighted by molar-refractivity contribution is 0.401. The summed E-state index contributed by atoms with van der Waals surface area (Å²) in [4.78, 5) is 0. The van der Waals surface area contributed by atoms with Crippen molar-refractivity contribution in [3.05, 3.63) is 35.9 Å². The van der Waals surface area contributed by atoms with E-state index in [0.29, 0.717) is 0 Å². The summed E-state index contributed by atoms with van der Waals surface area (Å²) in [5, 5.41) is 0. The van der Waals surface area contributed by atoms with Crippen molar-refractivity contribution in [3.63, 3.8) is 0 Å². The summed E-state index contributed by atoms with van der Waals surface area (Å²) in [5.41, 5.74) is 1.60. The van der Waals surface area contributed by atoms with Gasteiger partial charge in [-0.3, -0.25) is 0 Å². The Bertz CT molecular complexity index is 288. The predicted octanol–water partition coefficient (Wildman–Crippen LogP) is 5.54. The van der Waals surface area contributed by atoms with E-state index in [4.69, 9.17) is 11.6 Å². The van der Waals surface area contributed by atoms with Crippen LogP contribution in [0.1, 0.15) is 57.9 Å². The number of hydrogen-bond donors (Lipinski definition) is 0. The van der Waals surface area contributed by atoms with Gasteiger partial charge in [-0.2, -0.15) is 0 Å². The molecule has 0 aliphatic heterocycles. The molecule has 1 unspecified atom stereocenters. The Labute approximate surface area is 111 Å². The summed E-state index contributed by atoms with van der Waals surface area (Å²) in [5.74, 6) is 0.736. The summed E-state index contributed by atoms with van der Waals surface area (Å²) < 4.78 is 0. The third kappa shape index (κ3) is 4.03. The maximum Gasteiger partial charge on any atom is 0.0320 e. The van der Waals surface area contributed by atoms with Gasteiger partial charge in [0, 0.05) is 11.3 Å². The number of benzene rings is 1. The molecule has 1 aromatic rings. The van der Waals surface area contributed by atoms with Crippen LogP contribution < -0.4 is 0 Å². The summed E-state index contributed by atoms with van der Waals surface area (Å²) in [7, 11) is 0. The van der Waals surface area contributed by atoms with Gasteiger partial charge >= 0.3 is 0 Å². The summed E-state index contributed by atoms with van der Waals surface area (Å²) in [6.07, 6.45) is 7.62. The van der Waals surface area contributed by atoms with E-state index in [-0.39, 0.29) is 5.41 Å². The Balaban J connectivity index is 2.68. The predicted molar refractivity (Wildman–Crippen MR) is 77.9 cm³/mol. The fourth-order valence-electron chi connectivity index (χ4n) is 2.45. The van der Waals surface area contributed by atoms with Crippen molar-refractivity contribution in [1.82, 2.24) is 0 Å². The zero-order chi connectivity index (χ0) is 12.6. The second kappa shape index (κ2) is 7.76. The molecule has 0 aliphatic rings. The van der Waals surface area contributed by atoms with Crippen LogP contribution in [0.5, 0.6) is 0 Å². The van der Waals surface area contributed by atoms with Gasteiger partial charge in [0.1, 0.15) is 0 Å². The largest absolute Gasteiger partial charge is 0.126 e. The van der Waals surface area contributed by atoms with Gasteiger partial charge in [0.15, 0.2) is 0 Å². The van der Waals surface area contributed by atoms with E-state index in [1.165, 1.54) is 37.7 Å². The first-order valence-corrected chi connectivity index (χ1v) is 7.44. The Morgan fingerprint density at radius 1 is 1.00 bits per heavy atom. The van der Waals surface area contributed by atoms with Crippen LogP contribution >= 0.6 is 11.6 Å². The highest BCUT2D eigenvalue weighted by Gasteiger charge is 2.28. The monoisotopic (exact) mass is 252 g/mol. The highest BCUT2D eigenvalue weighted by molar-refractivity contribution is 6.18. The molecule has 1 heteroatoms. The lowest BCUT2D eigenvalue weighted by atomic mass is 9.76. The summed E-state index contributed by atoms with van der Waals surface area (Å²) >= 11 is 6.27. The molecule has 0 heterocycles. The molecule has 0 bridgehead atoms. The quantitative estimate of drug-likeness (QED) is 0.421. The molecule has 96 valence electrons. The van der Waals surface area contributed by atoms with E-state index in [1.807, 2.05) is 0 Å². The van der Waals surface area contributed by atoms with Crippen molar-refractivity contribution in [2.75, 3.05) is 5.88 Å². The summed E-state index contributed by atoms with van der Waals surface area (Å²) in [6.45, 7) is 4.51. The molecule has 17 heavy (non-hydrogen) atoms. The molecule has 0 radical (unpaired) electrons. The highest BCUT2D eigenvalue weighted by atomic mass is 35.5. The second-order valence-electron chi connectivity index (χ2n) is 4.94. The topological polar surface area (TPSA) is 0 Å². The molecular weight excluding hydrogens is 228 g/mol. The molecule has 0 spiro atoms. The number of halogens is 1. The zero-order valence-corrected chi connectivity index (χ0v) is 12.0. The van der Waals surface area contributed by atoms with Crippen molar-refractivity contribution in [3.8, 4) is 0 Å². The molecule has 0 amide bonds. The van der Waals surface area contributed by atoms with Gasteiger partial charge < -0.3 is 0 Å². The van der Waals surface area contributed by atoms with Crippen LogP contribution in [0, 0.1) is 0 Å². The van der Waals surface area contributed by atoms with Gasteiger partial charge in [-0.1, -0.05) is 69.9 Å². The third-order valence-electron chi connectivity index (χ3n) is 3.83. The van der Waals surface area contributed by atoms with Crippen molar-refractivity contribution in [2.24, 2.45) is 0 Å². The fourth-order valence-corrected chi connectivity index (χ4v) is 2.92. The van der Waals surface area contributed by atoms with Crippen molar-refractivity contribution >= 4 is 11.6 Å². The molecule has 0 aromatic heterocycles. The van der Waals surface area contributed by atoms with Crippen LogP contribution in [0.15, 0.2) is 30.3 Å². The second-order valence-corrected chi connectivity index (χ2v) is 5.21. The summed E-state index contributed by atoms with van der Waals surface area (Å²) in [6, 6.07) is 10.8. The van der Waals surface area contributed by atoms with Gasteiger partial charge in [0.05, 0.1) is 0 Å². The zero-order valence-electron chi connectivity index (χ0n) is 11.2. The minimum atomic E-state index is 0.191. The van der Waals surface area contributed by atoms with E-state index >= 15 is 0 Å². The minimum absolute atomic E-state index is 0.191. The van der Waals surface area contributed by atoms with Gasteiger partial charge in [-0.15, -0.1) is 11.6 Å². The van der Waals surface area contributed by atoms with Crippen LogP contribution in [-0.2, 0) is 5.41 Å². The standard InChI is InChI=1S/C16H25Cl/c1-3-5-6-10-13-16(4-2,14-17)15-11-8-7-9-12-15/h7-9,11-12H,3-6,10,13-14H2,1-2H3. The normalized spacial score (nSPS) is 14.5. The fraction of sp³-hybridized carbons (Fsp3) is 0.625. The van der Waals surface area contributed by atoms with Crippen LogP contribution in [0.3, 0.4) is 0 Å². The molecule has 0 nitrogen and oxygen atoms in total.